The molecule has 0 aliphatic rings. The number of nitrogens with one attached hydrogen (secondary N) is 9. The number of aromatic nitrogens is 2. The average Bonchev–Trinajstić information content (AvgIpc) is 3.82. The van der Waals surface area contributed by atoms with Crippen molar-refractivity contribution in [1.29, 1.82) is 0 Å². The van der Waals surface area contributed by atoms with Crippen LogP contribution in [-0.4, -0.2) is 102 Å². The Labute approximate surface area is 347 Å². The van der Waals surface area contributed by atoms with Crippen LogP contribution in [0.3, 0.4) is 0 Å². The van der Waals surface area contributed by atoms with Gasteiger partial charge in [0.2, 0.25) is 23.6 Å². The normalized spacial score (nSPS) is 13.1. The molecule has 21 nitrogen and oxygen atoms in total. The number of amides is 5. The Hall–Kier alpha value is -5.94. The molecule has 0 spiro atoms. The molecule has 19 N–H and O–H groups in total. The molecule has 4 unspecified atom stereocenters. The Morgan fingerprint density at radius 1 is 0.600 bits per heavy atom. The van der Waals surface area contributed by atoms with Gasteiger partial charge >= 0.3 is 5.97 Å². The molecule has 0 radical (unpaired) electrons. The first-order valence-electron chi connectivity index (χ1n) is 19.5. The number of nitrogens with two attached hydrogens (primary N) is 5. The zero-order valence-corrected chi connectivity index (χ0v) is 34.1. The standard InChI is InChI=1S/C20H30N6O4.C19H30N8O3/c1-12(27)25-17(10-13-11-24-15-7-4-3-6-14(13)15)18(28)26-16(19(29)30-2)8-5-9-23-20(21)22;1-11(28)25-16(9-12-10-24-14-6-3-2-5-13(12)14)17(29)26-15(18(30)27-22)7-4-8-23-19(20)21/h3-4,6-7,11,16-17,20,23-24H,5,8-10,21-22H2,1-2H3,(H,25,27)(H,26,28);2-3,5-6,10,15-16,19,23-24H,4,7-9,20-22H2,1H3,(H,25,28)(H,26,29)(H,27,30). The summed E-state index contributed by atoms with van der Waals surface area (Å²) in [4.78, 5) is 79.7. The van der Waals surface area contributed by atoms with E-state index in [1.165, 1.54) is 21.0 Å². The molecule has 4 aromatic rings. The summed E-state index contributed by atoms with van der Waals surface area (Å²) in [6.07, 6.45) is 4.53. The molecule has 2 aromatic carbocycles. The average molecular weight is 837 g/mol. The fraction of sp³-hybridized carbons (Fsp3) is 0.436. The number of esters is 1. The third kappa shape index (κ3) is 16.0. The highest BCUT2D eigenvalue weighted by Crippen LogP contribution is 2.20. The fourth-order valence-corrected chi connectivity index (χ4v) is 6.41. The van der Waals surface area contributed by atoms with E-state index in [1.54, 1.807) is 6.20 Å². The van der Waals surface area contributed by atoms with Gasteiger partial charge in [-0.25, -0.2) is 10.6 Å². The van der Waals surface area contributed by atoms with Gasteiger partial charge in [-0.3, -0.25) is 40.0 Å². The third-order valence-electron chi connectivity index (χ3n) is 9.26. The minimum absolute atomic E-state index is 0.260. The van der Waals surface area contributed by atoms with Gasteiger partial charge in [-0.05, 0) is 62.0 Å². The number of carbonyl (C=O) groups excluding carboxylic acids is 6. The molecular formula is C39H60N14O7. The van der Waals surface area contributed by atoms with Crippen LogP contribution >= 0.6 is 0 Å². The lowest BCUT2D eigenvalue weighted by Gasteiger charge is -2.22. The number of para-hydroxylation sites is 2. The smallest absolute Gasteiger partial charge is 0.328 e. The molecule has 21 heteroatoms. The Morgan fingerprint density at radius 3 is 1.42 bits per heavy atom. The second-order valence-corrected chi connectivity index (χ2v) is 14.0. The molecule has 4 rings (SSSR count). The van der Waals surface area contributed by atoms with Gasteiger partial charge in [0.25, 0.3) is 5.91 Å². The number of aromatic amines is 2. The van der Waals surface area contributed by atoms with Gasteiger partial charge < -0.3 is 58.9 Å². The number of hydrogen-bond acceptors (Lipinski definition) is 14. The van der Waals surface area contributed by atoms with E-state index in [2.05, 4.69) is 47.3 Å². The van der Waals surface area contributed by atoms with Gasteiger partial charge in [0.05, 0.1) is 7.11 Å². The number of fused-ring (bicyclic) bond motifs is 2. The molecule has 0 saturated heterocycles. The maximum Gasteiger partial charge on any atom is 0.328 e. The number of rotatable bonds is 22. The second-order valence-electron chi connectivity index (χ2n) is 14.0. The van der Waals surface area contributed by atoms with Gasteiger partial charge in [-0.15, -0.1) is 0 Å². The molecule has 0 bridgehead atoms. The summed E-state index contributed by atoms with van der Waals surface area (Å²) in [6.45, 7) is 3.62. The molecule has 2 heterocycles. The lowest BCUT2D eigenvalue weighted by atomic mass is 10.0. The number of hydrogen-bond donors (Lipinski definition) is 14. The molecular weight excluding hydrogens is 777 g/mol. The number of methoxy groups -OCH3 is 1. The summed E-state index contributed by atoms with van der Waals surface area (Å²) >= 11 is 0. The SMILES string of the molecule is CC(=O)NC(Cc1c[nH]c2ccccc12)C(=O)NC(CCCNC(N)N)C(=O)NN.COC(=O)C(CCCNC(N)N)NC(=O)C(Cc1c[nH]c2ccccc12)NC(C)=O. The Morgan fingerprint density at radius 2 is 1.02 bits per heavy atom. The van der Waals surface area contributed by atoms with Gasteiger partial charge in [-0.1, -0.05) is 36.4 Å². The van der Waals surface area contributed by atoms with Crippen LogP contribution in [0.1, 0.15) is 50.7 Å². The number of carbonyl (C=O) groups is 6. The van der Waals surface area contributed by atoms with Crippen LogP contribution in [0.15, 0.2) is 60.9 Å². The topological polar surface area (TPSA) is 358 Å². The maximum atomic E-state index is 12.9. The van der Waals surface area contributed by atoms with E-state index in [4.69, 9.17) is 33.5 Å². The monoisotopic (exact) mass is 836 g/mol. The van der Waals surface area contributed by atoms with Gasteiger partial charge in [0.1, 0.15) is 36.7 Å². The predicted molar refractivity (Wildman–Crippen MR) is 226 cm³/mol. The summed E-state index contributed by atoms with van der Waals surface area (Å²) in [5.74, 6) is 2.52. The van der Waals surface area contributed by atoms with Crippen LogP contribution in [0.5, 0.6) is 0 Å². The van der Waals surface area contributed by atoms with E-state index in [9.17, 15) is 28.8 Å². The lowest BCUT2D eigenvalue weighted by Crippen LogP contribution is -2.55. The molecule has 5 amide bonds. The number of ether oxygens (including phenoxy) is 1. The summed E-state index contributed by atoms with van der Waals surface area (Å²) in [7, 11) is 1.26. The van der Waals surface area contributed by atoms with Crippen LogP contribution in [-0.2, 0) is 46.3 Å². The Balaban J connectivity index is 0.000000320. The zero-order chi connectivity index (χ0) is 44.2. The van der Waals surface area contributed by atoms with Crippen molar-refractivity contribution in [2.45, 2.75) is 89.1 Å². The lowest BCUT2D eigenvalue weighted by molar-refractivity contribution is -0.145. The van der Waals surface area contributed by atoms with Crippen molar-refractivity contribution in [3.05, 3.63) is 72.1 Å². The van der Waals surface area contributed by atoms with Crippen molar-refractivity contribution in [3.8, 4) is 0 Å². The fourth-order valence-electron chi connectivity index (χ4n) is 6.41. The molecule has 328 valence electrons. The first kappa shape index (κ1) is 48.4. The second kappa shape index (κ2) is 24.9. The summed E-state index contributed by atoms with van der Waals surface area (Å²) in [5, 5.41) is 18.3. The van der Waals surface area contributed by atoms with Crippen molar-refractivity contribution in [2.75, 3.05) is 20.2 Å². The molecule has 0 saturated carbocycles. The Kier molecular flexibility index (Phi) is 20.1. The summed E-state index contributed by atoms with van der Waals surface area (Å²) in [5.41, 5.74) is 27.4. The van der Waals surface area contributed by atoms with Crippen LogP contribution in [0.2, 0.25) is 0 Å². The van der Waals surface area contributed by atoms with Crippen LogP contribution in [0.25, 0.3) is 21.8 Å². The van der Waals surface area contributed by atoms with E-state index >= 15 is 0 Å². The molecule has 0 aliphatic heterocycles. The quantitative estimate of drug-likeness (QED) is 0.00990. The minimum Gasteiger partial charge on any atom is -0.467 e. The van der Waals surface area contributed by atoms with E-state index < -0.39 is 60.4 Å². The van der Waals surface area contributed by atoms with E-state index in [0.717, 1.165) is 32.9 Å². The van der Waals surface area contributed by atoms with Gasteiger partial charge in [0.15, 0.2) is 0 Å². The molecule has 60 heavy (non-hydrogen) atoms. The summed E-state index contributed by atoms with van der Waals surface area (Å²) in [6, 6.07) is 11.9. The molecule has 2 aromatic heterocycles. The third-order valence-corrected chi connectivity index (χ3v) is 9.26. The molecule has 0 fully saturated rings. The van der Waals surface area contributed by atoms with Crippen LogP contribution in [0, 0.1) is 0 Å². The highest BCUT2D eigenvalue weighted by molar-refractivity contribution is 5.93. The largest absolute Gasteiger partial charge is 0.467 e. The van der Waals surface area contributed by atoms with Crippen LogP contribution < -0.4 is 66.1 Å². The Bertz CT molecular complexity index is 1870. The maximum absolute atomic E-state index is 12.9. The van der Waals surface area contributed by atoms with Crippen molar-refractivity contribution in [1.82, 2.24) is 47.3 Å². The van der Waals surface area contributed by atoms with Crippen molar-refractivity contribution < 1.29 is 33.5 Å². The molecule has 0 aliphatic carbocycles. The van der Waals surface area contributed by atoms with E-state index in [0.29, 0.717) is 38.8 Å². The van der Waals surface area contributed by atoms with E-state index in [1.807, 2.05) is 54.7 Å². The first-order valence-corrected chi connectivity index (χ1v) is 19.5. The van der Waals surface area contributed by atoms with Crippen molar-refractivity contribution in [2.24, 2.45) is 28.8 Å². The first-order chi connectivity index (χ1) is 28.6. The van der Waals surface area contributed by atoms with Crippen molar-refractivity contribution >= 4 is 57.3 Å². The number of benzene rings is 2. The molecule has 4 atom stereocenters. The van der Waals surface area contributed by atoms with Gasteiger partial charge in [0, 0.05) is 60.9 Å². The zero-order valence-electron chi connectivity index (χ0n) is 34.1. The summed E-state index contributed by atoms with van der Waals surface area (Å²) < 4.78 is 4.80. The predicted octanol–water partition coefficient (Wildman–Crippen LogP) is -2.30. The van der Waals surface area contributed by atoms with Gasteiger partial charge in [-0.2, -0.15) is 0 Å². The highest BCUT2D eigenvalue weighted by Gasteiger charge is 2.28. The minimum atomic E-state index is -0.863. The number of hydrazine groups is 1. The van der Waals surface area contributed by atoms with Crippen molar-refractivity contribution in [3.63, 3.8) is 0 Å². The van der Waals surface area contributed by atoms with E-state index in [-0.39, 0.29) is 24.7 Å². The highest BCUT2D eigenvalue weighted by atomic mass is 16.5. The number of H-pyrrole nitrogens is 2. The van der Waals surface area contributed by atoms with Crippen LogP contribution in [0.4, 0.5) is 0 Å².